The van der Waals surface area contributed by atoms with E-state index in [0.717, 1.165) is 22.5 Å². The fraction of sp³-hybridized carbons (Fsp3) is 0.150. The summed E-state index contributed by atoms with van der Waals surface area (Å²) in [5.41, 5.74) is 4.39. The van der Waals surface area contributed by atoms with Crippen molar-refractivity contribution in [2.45, 2.75) is 13.5 Å². The van der Waals surface area contributed by atoms with Crippen LogP contribution in [0.1, 0.15) is 21.6 Å². The van der Waals surface area contributed by atoms with E-state index in [-0.39, 0.29) is 5.91 Å². The number of pyridine rings is 1. The van der Waals surface area contributed by atoms with Crippen molar-refractivity contribution in [3.63, 3.8) is 0 Å². The van der Waals surface area contributed by atoms with Crippen molar-refractivity contribution < 1.29 is 4.79 Å². The summed E-state index contributed by atoms with van der Waals surface area (Å²) in [6.45, 7) is 2.53. The number of rotatable bonds is 4. The van der Waals surface area contributed by atoms with Crippen LogP contribution in [-0.2, 0) is 6.54 Å². The molecule has 26 heavy (non-hydrogen) atoms. The van der Waals surface area contributed by atoms with Crippen molar-refractivity contribution in [3.05, 3.63) is 84.1 Å². The van der Waals surface area contributed by atoms with E-state index in [9.17, 15) is 4.79 Å². The summed E-state index contributed by atoms with van der Waals surface area (Å²) >= 11 is 0. The quantitative estimate of drug-likeness (QED) is 0.571. The van der Waals surface area contributed by atoms with E-state index in [1.807, 2.05) is 66.2 Å². The number of aromatic nitrogens is 4. The maximum atomic E-state index is 12.7. The molecule has 6 nitrogen and oxygen atoms in total. The van der Waals surface area contributed by atoms with Gasteiger partial charge in [-0.25, -0.2) is 9.67 Å². The highest BCUT2D eigenvalue weighted by Crippen LogP contribution is 2.13. The molecule has 0 saturated heterocycles. The maximum absolute atomic E-state index is 12.7. The molecule has 0 aliphatic carbocycles. The molecule has 3 heterocycles. The Bertz CT molecular complexity index is 1050. The summed E-state index contributed by atoms with van der Waals surface area (Å²) < 4.78 is 3.67. The number of fused-ring (bicyclic) bond motifs is 1. The molecular weight excluding hydrogens is 326 g/mol. The Hall–Kier alpha value is -3.41. The van der Waals surface area contributed by atoms with E-state index in [2.05, 4.69) is 10.1 Å². The number of imidazole rings is 1. The molecule has 130 valence electrons. The highest BCUT2D eigenvalue weighted by molar-refractivity contribution is 5.92. The Kier molecular flexibility index (Phi) is 4.01. The lowest BCUT2D eigenvalue weighted by atomic mass is 10.2. The van der Waals surface area contributed by atoms with Crippen LogP contribution in [0.4, 0.5) is 0 Å². The molecule has 0 atom stereocenters. The first-order valence-corrected chi connectivity index (χ1v) is 8.40. The molecule has 0 spiro atoms. The van der Waals surface area contributed by atoms with Gasteiger partial charge in [0, 0.05) is 38.4 Å². The van der Waals surface area contributed by atoms with E-state index in [0.29, 0.717) is 12.2 Å². The zero-order valence-corrected chi connectivity index (χ0v) is 14.7. The molecule has 1 aromatic carbocycles. The van der Waals surface area contributed by atoms with Gasteiger partial charge in [-0.2, -0.15) is 5.10 Å². The number of hydrogen-bond donors (Lipinski definition) is 0. The first kappa shape index (κ1) is 16.1. The van der Waals surface area contributed by atoms with Gasteiger partial charge < -0.3 is 9.30 Å². The van der Waals surface area contributed by atoms with Gasteiger partial charge in [-0.1, -0.05) is 12.1 Å². The van der Waals surface area contributed by atoms with Crippen LogP contribution in [0.5, 0.6) is 0 Å². The first-order valence-electron chi connectivity index (χ1n) is 8.40. The second-order valence-corrected chi connectivity index (χ2v) is 6.37. The minimum atomic E-state index is -0.0949. The molecule has 3 aromatic heterocycles. The van der Waals surface area contributed by atoms with Crippen molar-refractivity contribution >= 4 is 11.6 Å². The molecule has 0 N–H and O–H groups in total. The van der Waals surface area contributed by atoms with E-state index in [1.54, 1.807) is 29.0 Å². The number of hydrogen-bond acceptors (Lipinski definition) is 3. The van der Waals surface area contributed by atoms with Gasteiger partial charge in [-0.05, 0) is 48.4 Å². The predicted octanol–water partition coefficient (Wildman–Crippen LogP) is 3.10. The third-order valence-electron chi connectivity index (χ3n) is 4.31. The Morgan fingerprint density at radius 1 is 1.15 bits per heavy atom. The van der Waals surface area contributed by atoms with Crippen LogP contribution < -0.4 is 0 Å². The second-order valence-electron chi connectivity index (χ2n) is 6.37. The Balaban J connectivity index is 1.49. The van der Waals surface area contributed by atoms with E-state index < -0.39 is 0 Å². The van der Waals surface area contributed by atoms with E-state index >= 15 is 0 Å². The first-order chi connectivity index (χ1) is 12.6. The van der Waals surface area contributed by atoms with Crippen molar-refractivity contribution in [2.24, 2.45) is 0 Å². The standard InChI is InChI=1S/C20H19N5O/c1-15-8-11-24-14-18(22-19(24)12-15)20(26)23(2)13-16-4-6-17(7-5-16)25-10-3-9-21-25/h3-12,14H,13H2,1-2H3. The largest absolute Gasteiger partial charge is 0.336 e. The van der Waals surface area contributed by atoms with E-state index in [4.69, 9.17) is 0 Å². The molecule has 0 unspecified atom stereocenters. The average Bonchev–Trinajstić information content (AvgIpc) is 3.31. The summed E-state index contributed by atoms with van der Waals surface area (Å²) in [6, 6.07) is 13.8. The monoisotopic (exact) mass is 345 g/mol. The lowest BCUT2D eigenvalue weighted by Gasteiger charge is -2.16. The van der Waals surface area contributed by atoms with Crippen LogP contribution in [0.25, 0.3) is 11.3 Å². The van der Waals surface area contributed by atoms with Gasteiger partial charge >= 0.3 is 0 Å². The Labute approximate surface area is 151 Å². The third kappa shape index (κ3) is 3.09. The van der Waals surface area contributed by atoms with Gasteiger partial charge in [-0.15, -0.1) is 0 Å². The van der Waals surface area contributed by atoms with E-state index in [1.165, 1.54) is 0 Å². The molecule has 4 aromatic rings. The van der Waals surface area contributed by atoms with Crippen LogP contribution in [-0.4, -0.2) is 37.0 Å². The summed E-state index contributed by atoms with van der Waals surface area (Å²) in [4.78, 5) is 18.8. The molecule has 4 rings (SSSR count). The van der Waals surface area contributed by atoms with Crippen molar-refractivity contribution in [1.29, 1.82) is 0 Å². The Morgan fingerprint density at radius 3 is 2.69 bits per heavy atom. The molecule has 0 aliphatic heterocycles. The number of nitrogens with zero attached hydrogens (tertiary/aromatic N) is 5. The van der Waals surface area contributed by atoms with Crippen LogP contribution in [0.15, 0.2) is 67.3 Å². The fourth-order valence-electron chi connectivity index (χ4n) is 2.90. The Morgan fingerprint density at radius 2 is 1.96 bits per heavy atom. The molecule has 6 heteroatoms. The normalized spacial score (nSPS) is 11.0. The number of aryl methyl sites for hydroxylation is 1. The summed E-state index contributed by atoms with van der Waals surface area (Å²) in [7, 11) is 1.79. The second kappa shape index (κ2) is 6.48. The van der Waals surface area contributed by atoms with Crippen LogP contribution >= 0.6 is 0 Å². The lowest BCUT2D eigenvalue weighted by Crippen LogP contribution is -2.26. The highest BCUT2D eigenvalue weighted by atomic mass is 16.2. The topological polar surface area (TPSA) is 55.4 Å². The third-order valence-corrected chi connectivity index (χ3v) is 4.31. The van der Waals surface area contributed by atoms with Gasteiger partial charge in [0.2, 0.25) is 0 Å². The molecule has 0 bridgehead atoms. The summed E-state index contributed by atoms with van der Waals surface area (Å²) in [5.74, 6) is -0.0949. The van der Waals surface area contributed by atoms with Gasteiger partial charge in [0.15, 0.2) is 0 Å². The van der Waals surface area contributed by atoms with Crippen molar-refractivity contribution in [2.75, 3.05) is 7.05 Å². The summed E-state index contributed by atoms with van der Waals surface area (Å²) in [5, 5.41) is 4.21. The SMILES string of the molecule is Cc1ccn2cc(C(=O)N(C)Cc3ccc(-n4cccn4)cc3)nc2c1. The minimum absolute atomic E-state index is 0.0949. The zero-order valence-electron chi connectivity index (χ0n) is 14.7. The average molecular weight is 345 g/mol. The van der Waals surface area contributed by atoms with Crippen LogP contribution in [0.2, 0.25) is 0 Å². The van der Waals surface area contributed by atoms with Gasteiger partial charge in [0.05, 0.1) is 5.69 Å². The molecule has 0 aliphatic rings. The number of amides is 1. The number of benzene rings is 1. The highest BCUT2D eigenvalue weighted by Gasteiger charge is 2.16. The van der Waals surface area contributed by atoms with Gasteiger partial charge in [0.1, 0.15) is 11.3 Å². The van der Waals surface area contributed by atoms with Crippen molar-refractivity contribution in [1.82, 2.24) is 24.1 Å². The molecule has 0 radical (unpaired) electrons. The molecule has 0 fully saturated rings. The molecule has 0 saturated carbocycles. The smallest absolute Gasteiger partial charge is 0.274 e. The zero-order chi connectivity index (χ0) is 18.1. The molecule has 1 amide bonds. The predicted molar refractivity (Wildman–Crippen MR) is 99.3 cm³/mol. The van der Waals surface area contributed by atoms with Crippen LogP contribution in [0, 0.1) is 6.92 Å². The number of carbonyl (C=O) groups is 1. The fourth-order valence-corrected chi connectivity index (χ4v) is 2.90. The van der Waals surface area contributed by atoms with Gasteiger partial charge in [0.25, 0.3) is 5.91 Å². The number of carbonyl (C=O) groups excluding carboxylic acids is 1. The minimum Gasteiger partial charge on any atom is -0.336 e. The van der Waals surface area contributed by atoms with Gasteiger partial charge in [-0.3, -0.25) is 4.79 Å². The maximum Gasteiger partial charge on any atom is 0.274 e. The summed E-state index contributed by atoms with van der Waals surface area (Å²) in [6.07, 6.45) is 7.34. The lowest BCUT2D eigenvalue weighted by molar-refractivity contribution is 0.0780. The molecular formula is C20H19N5O. The van der Waals surface area contributed by atoms with Crippen LogP contribution in [0.3, 0.4) is 0 Å². The van der Waals surface area contributed by atoms with Crippen molar-refractivity contribution in [3.8, 4) is 5.69 Å².